The van der Waals surface area contributed by atoms with Crippen LogP contribution in [-0.2, 0) is 15.1 Å². The van der Waals surface area contributed by atoms with Crippen molar-refractivity contribution in [2.45, 2.75) is 25.8 Å². The Labute approximate surface area is 86.4 Å². The van der Waals surface area contributed by atoms with Crippen LogP contribution in [-0.4, -0.2) is 41.2 Å². The predicted molar refractivity (Wildman–Crippen MR) is 57.0 cm³/mol. The van der Waals surface area contributed by atoms with Crippen LogP contribution >= 0.6 is 0 Å². The van der Waals surface area contributed by atoms with Crippen molar-refractivity contribution < 1.29 is 8.39 Å². The van der Waals surface area contributed by atoms with Gasteiger partial charge in [0.05, 0.1) is 19.0 Å². The van der Waals surface area contributed by atoms with Crippen LogP contribution in [0.5, 0.6) is 0 Å². The lowest BCUT2D eigenvalue weighted by Crippen LogP contribution is -2.38. The van der Waals surface area contributed by atoms with Gasteiger partial charge in [-0.2, -0.15) is 0 Å². The molecular formula is C8H17N3O2S. The second kappa shape index (κ2) is 5.31. The zero-order chi connectivity index (χ0) is 10.6. The summed E-state index contributed by atoms with van der Waals surface area (Å²) in [5.74, 6) is 0.597. The first-order valence-corrected chi connectivity index (χ1v) is 5.78. The van der Waals surface area contributed by atoms with Crippen LogP contribution in [0.3, 0.4) is 0 Å². The molecule has 1 aliphatic heterocycles. The summed E-state index contributed by atoms with van der Waals surface area (Å²) in [6.07, 6.45) is 1.72. The first-order chi connectivity index (χ1) is 6.63. The molecule has 1 atom stereocenters. The molecule has 1 aliphatic rings. The molecule has 0 aromatic heterocycles. The summed E-state index contributed by atoms with van der Waals surface area (Å²) in [4.78, 5) is 2.01. The number of nitrogens with zero attached hydrogens (tertiary/aromatic N) is 2. The smallest absolute Gasteiger partial charge is 0.152 e. The highest BCUT2D eigenvalue weighted by Crippen LogP contribution is 2.13. The van der Waals surface area contributed by atoms with E-state index in [1.165, 1.54) is 7.11 Å². The molecule has 6 heteroatoms. The fourth-order valence-electron chi connectivity index (χ4n) is 1.50. The van der Waals surface area contributed by atoms with Gasteiger partial charge in [-0.3, -0.25) is 9.59 Å². The molecule has 0 amide bonds. The second-order valence-corrected chi connectivity index (χ2v) is 4.41. The van der Waals surface area contributed by atoms with Gasteiger partial charge < -0.3 is 4.90 Å². The lowest BCUT2D eigenvalue weighted by molar-refractivity contribution is 0.311. The van der Waals surface area contributed by atoms with Crippen molar-refractivity contribution in [3.05, 3.63) is 0 Å². The van der Waals surface area contributed by atoms with Crippen molar-refractivity contribution in [3.63, 3.8) is 0 Å². The number of hydrogen-bond acceptors (Lipinski definition) is 4. The largest absolute Gasteiger partial charge is 0.361 e. The monoisotopic (exact) mass is 219 g/mol. The van der Waals surface area contributed by atoms with Crippen LogP contribution in [0, 0.1) is 5.41 Å². The predicted octanol–water partition coefficient (Wildman–Crippen LogP) is 0.674. The quantitative estimate of drug-likeness (QED) is 0.407. The normalized spacial score (nSPS) is 21.1. The van der Waals surface area contributed by atoms with Crippen LogP contribution in [0.2, 0.25) is 0 Å². The van der Waals surface area contributed by atoms with Crippen LogP contribution in [0.15, 0.2) is 4.36 Å². The Bertz CT molecular complexity index is 278. The zero-order valence-corrected chi connectivity index (χ0v) is 9.46. The highest BCUT2D eigenvalue weighted by molar-refractivity contribution is 7.69. The van der Waals surface area contributed by atoms with E-state index in [1.807, 2.05) is 4.90 Å². The molecule has 5 nitrogen and oxygen atoms in total. The lowest BCUT2D eigenvalue weighted by Gasteiger charge is -2.30. The number of hydrogen-bond donors (Lipinski definition) is 2. The molecule has 0 aromatic carbocycles. The Balaban J connectivity index is 2.43. The Hall–Kier alpha value is -0.620. The summed E-state index contributed by atoms with van der Waals surface area (Å²) in [5.41, 5.74) is 0. The molecule has 0 aromatic rings. The Morgan fingerprint density at radius 2 is 2.14 bits per heavy atom. The minimum Gasteiger partial charge on any atom is -0.361 e. The summed E-state index contributed by atoms with van der Waals surface area (Å²) in [6.45, 7) is 3.44. The third kappa shape index (κ3) is 3.26. The highest BCUT2D eigenvalue weighted by Gasteiger charge is 2.18. The van der Waals surface area contributed by atoms with Gasteiger partial charge in [-0.15, -0.1) is 0 Å². The van der Waals surface area contributed by atoms with E-state index in [9.17, 15) is 4.21 Å². The Morgan fingerprint density at radius 3 is 2.57 bits per heavy atom. The standard InChI is InChI=1S/C8H17N3O2S/c1-7(9)11-5-3-8(4-6-11)10-14(12)13-2/h8-9,14H,3-6H2,1-2H3. The molecule has 1 saturated heterocycles. The summed E-state index contributed by atoms with van der Waals surface area (Å²) in [7, 11) is -0.426. The minimum atomic E-state index is -1.83. The second-order valence-electron chi connectivity index (χ2n) is 3.34. The average Bonchev–Trinajstić information content (AvgIpc) is 2.18. The fraction of sp³-hybridized carbons (Fsp3) is 0.875. The molecule has 1 rings (SSSR count). The molecule has 0 radical (unpaired) electrons. The maximum Gasteiger partial charge on any atom is 0.152 e. The molecular weight excluding hydrogens is 202 g/mol. The third-order valence-electron chi connectivity index (χ3n) is 2.35. The van der Waals surface area contributed by atoms with Crippen LogP contribution in [0.25, 0.3) is 0 Å². The number of likely N-dealkylation sites (tertiary alicyclic amines) is 1. The van der Waals surface area contributed by atoms with Gasteiger partial charge in [0.25, 0.3) is 0 Å². The van der Waals surface area contributed by atoms with E-state index in [1.54, 1.807) is 6.92 Å². The molecule has 1 fully saturated rings. The molecule has 1 N–H and O–H groups in total. The van der Waals surface area contributed by atoms with Crippen molar-refractivity contribution in [1.82, 2.24) is 4.90 Å². The number of amidine groups is 1. The van der Waals surface area contributed by atoms with E-state index in [2.05, 4.69) is 8.55 Å². The van der Waals surface area contributed by atoms with Crippen molar-refractivity contribution in [1.29, 1.82) is 5.41 Å². The van der Waals surface area contributed by atoms with E-state index >= 15 is 0 Å². The van der Waals surface area contributed by atoms with Crippen LogP contribution < -0.4 is 0 Å². The number of nitrogens with one attached hydrogen (secondary N) is 1. The van der Waals surface area contributed by atoms with Gasteiger partial charge >= 0.3 is 0 Å². The van der Waals surface area contributed by atoms with Gasteiger partial charge in [-0.05, 0) is 19.8 Å². The number of thiol groups is 1. The maximum atomic E-state index is 11.0. The van der Waals surface area contributed by atoms with E-state index in [-0.39, 0.29) is 6.04 Å². The molecule has 1 heterocycles. The van der Waals surface area contributed by atoms with Gasteiger partial charge in [0.15, 0.2) is 10.9 Å². The summed E-state index contributed by atoms with van der Waals surface area (Å²) in [5, 5.41) is 7.45. The highest BCUT2D eigenvalue weighted by atomic mass is 32.2. The van der Waals surface area contributed by atoms with E-state index in [0.29, 0.717) is 5.84 Å². The molecule has 1 unspecified atom stereocenters. The van der Waals surface area contributed by atoms with Gasteiger partial charge in [0.1, 0.15) is 0 Å². The van der Waals surface area contributed by atoms with E-state index in [0.717, 1.165) is 25.9 Å². The van der Waals surface area contributed by atoms with Crippen molar-refractivity contribution in [2.75, 3.05) is 20.2 Å². The van der Waals surface area contributed by atoms with E-state index < -0.39 is 10.9 Å². The number of rotatable bonds is 2. The SMILES string of the molecule is CO[SH](=O)=NC1CCN(C(C)=N)CC1. The molecule has 0 aliphatic carbocycles. The van der Waals surface area contributed by atoms with Gasteiger partial charge in [-0.25, -0.2) is 8.57 Å². The fourth-order valence-corrected chi connectivity index (χ4v) is 2.09. The van der Waals surface area contributed by atoms with Crippen LogP contribution in [0.4, 0.5) is 0 Å². The first-order valence-electron chi connectivity index (χ1n) is 4.65. The Kier molecular flexibility index (Phi) is 4.34. The van der Waals surface area contributed by atoms with Gasteiger partial charge in [0.2, 0.25) is 0 Å². The maximum absolute atomic E-state index is 11.0. The summed E-state index contributed by atoms with van der Waals surface area (Å²) < 4.78 is 19.7. The van der Waals surface area contributed by atoms with E-state index in [4.69, 9.17) is 5.41 Å². The molecule has 0 bridgehead atoms. The lowest BCUT2D eigenvalue weighted by atomic mass is 10.1. The molecule has 0 spiro atoms. The molecule has 82 valence electrons. The average molecular weight is 219 g/mol. The van der Waals surface area contributed by atoms with Crippen molar-refractivity contribution >= 4 is 16.7 Å². The van der Waals surface area contributed by atoms with Gasteiger partial charge in [-0.1, -0.05) is 0 Å². The molecule has 0 saturated carbocycles. The summed E-state index contributed by atoms with van der Waals surface area (Å²) >= 11 is 0. The first kappa shape index (κ1) is 11.5. The van der Waals surface area contributed by atoms with Crippen LogP contribution in [0.1, 0.15) is 19.8 Å². The topological polar surface area (TPSA) is 65.8 Å². The van der Waals surface area contributed by atoms with Crippen molar-refractivity contribution in [3.8, 4) is 0 Å². The Morgan fingerprint density at radius 1 is 1.57 bits per heavy atom. The molecule has 14 heavy (non-hydrogen) atoms. The third-order valence-corrected chi connectivity index (χ3v) is 3.18. The van der Waals surface area contributed by atoms with Gasteiger partial charge in [0, 0.05) is 13.1 Å². The van der Waals surface area contributed by atoms with Crippen molar-refractivity contribution in [2.24, 2.45) is 4.36 Å². The zero-order valence-electron chi connectivity index (χ0n) is 8.56. The number of piperidine rings is 1. The summed E-state index contributed by atoms with van der Waals surface area (Å²) in [6, 6.07) is 0.133. The minimum absolute atomic E-state index is 0.133.